The maximum atomic E-state index is 12.8. The van der Waals surface area contributed by atoms with Gasteiger partial charge in [0.25, 0.3) is 11.8 Å². The second kappa shape index (κ2) is 9.41. The van der Waals surface area contributed by atoms with Crippen LogP contribution >= 0.6 is 0 Å². The summed E-state index contributed by atoms with van der Waals surface area (Å²) in [4.78, 5) is 25.1. The van der Waals surface area contributed by atoms with Crippen LogP contribution in [0.15, 0.2) is 65.2 Å². The number of anilines is 1. The number of aryl methyl sites for hydroxylation is 1. The topological polar surface area (TPSA) is 99.9 Å². The third kappa shape index (κ3) is 5.58. The molecule has 0 fully saturated rings. The second-order valence-corrected chi connectivity index (χ2v) is 6.07. The lowest BCUT2D eigenvalue weighted by molar-refractivity contribution is -0.156. The molecule has 0 saturated heterocycles. The molecule has 3 aromatic rings. The number of hydrogen-bond acceptors (Lipinski definition) is 7. The van der Waals surface area contributed by atoms with Gasteiger partial charge >= 0.3 is 5.97 Å². The molecule has 0 aliphatic heterocycles. The Morgan fingerprint density at radius 2 is 1.90 bits per heavy atom. The summed E-state index contributed by atoms with van der Waals surface area (Å²) in [7, 11) is 1.53. The van der Waals surface area contributed by atoms with Crippen molar-refractivity contribution in [2.45, 2.75) is 13.0 Å². The van der Waals surface area contributed by atoms with Gasteiger partial charge in [-0.25, -0.2) is 4.79 Å². The van der Waals surface area contributed by atoms with Crippen molar-refractivity contribution >= 4 is 17.6 Å². The molecule has 0 aliphatic rings. The number of carbonyl (C=O) groups is 2. The Morgan fingerprint density at radius 3 is 2.59 bits per heavy atom. The third-order valence-corrected chi connectivity index (χ3v) is 3.87. The van der Waals surface area contributed by atoms with Gasteiger partial charge in [-0.05, 0) is 24.2 Å². The molecular weight excluding hydrogens is 376 g/mol. The van der Waals surface area contributed by atoms with Gasteiger partial charge in [-0.15, -0.1) is 0 Å². The van der Waals surface area contributed by atoms with E-state index in [1.165, 1.54) is 13.2 Å². The first-order valence-electron chi connectivity index (χ1n) is 8.80. The Hall–Kier alpha value is -3.81. The Kier molecular flexibility index (Phi) is 6.47. The molecule has 0 bridgehead atoms. The molecule has 1 heterocycles. The van der Waals surface area contributed by atoms with Gasteiger partial charge in [-0.1, -0.05) is 36.4 Å². The first kappa shape index (κ1) is 19.9. The second-order valence-electron chi connectivity index (χ2n) is 6.07. The van der Waals surface area contributed by atoms with Crippen LogP contribution in [-0.2, 0) is 14.3 Å². The summed E-state index contributed by atoms with van der Waals surface area (Å²) in [5.74, 6) is 0.0764. The van der Waals surface area contributed by atoms with Gasteiger partial charge in [-0.3, -0.25) is 4.79 Å². The van der Waals surface area contributed by atoms with Crippen molar-refractivity contribution < 1.29 is 28.3 Å². The molecule has 0 aliphatic carbocycles. The average Bonchev–Trinajstić information content (AvgIpc) is 3.16. The fourth-order valence-electron chi connectivity index (χ4n) is 2.52. The number of nitrogens with one attached hydrogen (secondary N) is 1. The zero-order chi connectivity index (χ0) is 20.6. The smallest absolute Gasteiger partial charge is 0.345 e. The van der Waals surface area contributed by atoms with Gasteiger partial charge in [0.05, 0.1) is 7.11 Å². The molecule has 8 nitrogen and oxygen atoms in total. The van der Waals surface area contributed by atoms with Gasteiger partial charge in [0.1, 0.15) is 11.5 Å². The Labute approximate surface area is 167 Å². The minimum atomic E-state index is -1.16. The molecule has 150 valence electrons. The molecule has 1 amide bonds. The highest BCUT2D eigenvalue weighted by Crippen LogP contribution is 2.22. The van der Waals surface area contributed by atoms with Crippen LogP contribution in [0.3, 0.4) is 0 Å². The fourth-order valence-corrected chi connectivity index (χ4v) is 2.52. The molecule has 0 spiro atoms. The summed E-state index contributed by atoms with van der Waals surface area (Å²) in [6, 6.07) is 17.1. The summed E-state index contributed by atoms with van der Waals surface area (Å²) in [5, 5.41) is 6.37. The molecule has 29 heavy (non-hydrogen) atoms. The number of carbonyl (C=O) groups excluding carboxylic acids is 2. The van der Waals surface area contributed by atoms with Gasteiger partial charge in [0, 0.05) is 23.4 Å². The molecule has 0 unspecified atom stereocenters. The van der Waals surface area contributed by atoms with Gasteiger partial charge in [0.15, 0.2) is 6.61 Å². The number of ether oxygens (including phenoxy) is 3. The summed E-state index contributed by atoms with van der Waals surface area (Å²) < 4.78 is 20.6. The predicted octanol–water partition coefficient (Wildman–Crippen LogP) is 3.29. The van der Waals surface area contributed by atoms with Crippen molar-refractivity contribution in [1.29, 1.82) is 0 Å². The van der Waals surface area contributed by atoms with Crippen molar-refractivity contribution in [2.24, 2.45) is 0 Å². The number of esters is 1. The lowest BCUT2D eigenvalue weighted by Crippen LogP contribution is -2.28. The maximum absolute atomic E-state index is 12.8. The maximum Gasteiger partial charge on any atom is 0.345 e. The minimum Gasteiger partial charge on any atom is -0.497 e. The highest BCUT2D eigenvalue weighted by molar-refractivity contribution is 5.96. The summed E-state index contributed by atoms with van der Waals surface area (Å²) >= 11 is 0. The van der Waals surface area contributed by atoms with E-state index in [2.05, 4.69) is 10.5 Å². The first-order valence-corrected chi connectivity index (χ1v) is 8.80. The van der Waals surface area contributed by atoms with Crippen molar-refractivity contribution in [2.75, 3.05) is 19.0 Å². The number of rotatable bonds is 8. The van der Waals surface area contributed by atoms with Crippen LogP contribution in [-0.4, -0.2) is 30.7 Å². The zero-order valence-electron chi connectivity index (χ0n) is 16.0. The molecule has 0 saturated carbocycles. The molecule has 3 rings (SSSR count). The lowest BCUT2D eigenvalue weighted by Gasteiger charge is -2.18. The number of benzene rings is 2. The molecule has 2 aromatic carbocycles. The van der Waals surface area contributed by atoms with E-state index in [9.17, 15) is 9.59 Å². The van der Waals surface area contributed by atoms with Crippen LogP contribution in [0, 0.1) is 6.92 Å². The van der Waals surface area contributed by atoms with Crippen molar-refractivity contribution in [3.05, 3.63) is 72.0 Å². The highest BCUT2D eigenvalue weighted by Gasteiger charge is 2.25. The molecule has 1 atom stereocenters. The molecule has 0 radical (unpaired) electrons. The fraction of sp³-hybridized carbons (Fsp3) is 0.190. The minimum absolute atomic E-state index is 0.163. The highest BCUT2D eigenvalue weighted by atomic mass is 16.6. The van der Waals surface area contributed by atoms with E-state index in [0.29, 0.717) is 22.8 Å². The van der Waals surface area contributed by atoms with Crippen LogP contribution < -0.4 is 14.8 Å². The van der Waals surface area contributed by atoms with Crippen LogP contribution in [0.4, 0.5) is 5.69 Å². The van der Waals surface area contributed by atoms with E-state index in [0.717, 1.165) is 0 Å². The van der Waals surface area contributed by atoms with E-state index in [4.69, 9.17) is 18.7 Å². The molecule has 1 N–H and O–H groups in total. The SMILES string of the molecule is COc1cccc(NC(=O)[C@@H](OC(=O)COc2cc(C)on2)c2ccccc2)c1. The lowest BCUT2D eigenvalue weighted by atomic mass is 10.1. The number of nitrogens with zero attached hydrogens (tertiary/aromatic N) is 1. The number of hydrogen-bond donors (Lipinski definition) is 1. The van der Waals surface area contributed by atoms with E-state index in [1.807, 2.05) is 0 Å². The van der Waals surface area contributed by atoms with E-state index < -0.39 is 24.6 Å². The summed E-state index contributed by atoms with van der Waals surface area (Å²) in [6.45, 7) is 1.29. The van der Waals surface area contributed by atoms with Crippen LogP contribution in [0.25, 0.3) is 0 Å². The van der Waals surface area contributed by atoms with E-state index in [-0.39, 0.29) is 5.88 Å². The zero-order valence-corrected chi connectivity index (χ0v) is 16.0. The average molecular weight is 396 g/mol. The van der Waals surface area contributed by atoms with Crippen LogP contribution in [0.1, 0.15) is 17.4 Å². The van der Waals surface area contributed by atoms with Crippen LogP contribution in [0.2, 0.25) is 0 Å². The van der Waals surface area contributed by atoms with Gasteiger partial charge in [-0.2, -0.15) is 0 Å². The summed E-state index contributed by atoms with van der Waals surface area (Å²) in [5.41, 5.74) is 1.04. The van der Waals surface area contributed by atoms with Crippen LogP contribution in [0.5, 0.6) is 11.6 Å². The quantitative estimate of drug-likeness (QED) is 0.583. The van der Waals surface area contributed by atoms with Gasteiger partial charge < -0.3 is 24.1 Å². The number of aromatic nitrogens is 1. The third-order valence-electron chi connectivity index (χ3n) is 3.87. The Bertz CT molecular complexity index is 970. The molecule has 1 aromatic heterocycles. The number of amides is 1. The Morgan fingerprint density at radius 1 is 1.10 bits per heavy atom. The first-order chi connectivity index (χ1) is 14.0. The largest absolute Gasteiger partial charge is 0.497 e. The van der Waals surface area contributed by atoms with Gasteiger partial charge in [0.2, 0.25) is 6.10 Å². The van der Waals surface area contributed by atoms with E-state index in [1.54, 1.807) is 61.5 Å². The standard InChI is InChI=1S/C21H20N2O6/c1-14-11-18(23-29-14)27-13-19(24)28-20(15-7-4-3-5-8-15)21(25)22-16-9-6-10-17(12-16)26-2/h3-12,20H,13H2,1-2H3,(H,22,25)/t20-/m0/s1. The predicted molar refractivity (Wildman–Crippen MR) is 104 cm³/mol. The molecule has 8 heteroatoms. The van der Waals surface area contributed by atoms with Crippen molar-refractivity contribution in [1.82, 2.24) is 5.16 Å². The monoisotopic (exact) mass is 396 g/mol. The van der Waals surface area contributed by atoms with Crippen molar-refractivity contribution in [3.8, 4) is 11.6 Å². The number of methoxy groups -OCH3 is 1. The van der Waals surface area contributed by atoms with Crippen molar-refractivity contribution in [3.63, 3.8) is 0 Å². The summed E-state index contributed by atoms with van der Waals surface area (Å²) in [6.07, 6.45) is -1.16. The Balaban J connectivity index is 1.70. The van der Waals surface area contributed by atoms with E-state index >= 15 is 0 Å². The molecular formula is C21H20N2O6. The normalized spacial score (nSPS) is 11.4.